The van der Waals surface area contributed by atoms with Gasteiger partial charge in [0, 0.05) is 16.3 Å². The van der Waals surface area contributed by atoms with Gasteiger partial charge >= 0.3 is 0 Å². The number of aryl methyl sites for hydroxylation is 2. The fraction of sp³-hybridized carbons (Fsp3) is 0.353. The Balaban J connectivity index is 2.22. The molecule has 3 aromatic rings. The summed E-state index contributed by atoms with van der Waals surface area (Å²) in [7, 11) is 0. The van der Waals surface area contributed by atoms with Gasteiger partial charge in [0.25, 0.3) is 0 Å². The van der Waals surface area contributed by atoms with Gasteiger partial charge in [0.05, 0.1) is 5.02 Å². The molecule has 5 heteroatoms. The Kier molecular flexibility index (Phi) is 2.77. The van der Waals surface area contributed by atoms with Gasteiger partial charge < -0.3 is 8.83 Å². The lowest BCUT2D eigenvalue weighted by atomic mass is 9.71. The average Bonchev–Trinajstić information content (AvgIpc) is 2.99. The van der Waals surface area contributed by atoms with Crippen LogP contribution in [0.15, 0.2) is 26.0 Å². The quantitative estimate of drug-likeness (QED) is 0.484. The lowest BCUT2D eigenvalue weighted by Crippen LogP contribution is -2.32. The SMILES string of the molecule is Cc1cc2c(C3(N=C=O)CCC3)c3oc(C)cc3c(Cl)c2o1. The van der Waals surface area contributed by atoms with Crippen molar-refractivity contribution >= 4 is 39.6 Å². The number of hydrogen-bond acceptors (Lipinski definition) is 4. The fourth-order valence-corrected chi connectivity index (χ4v) is 3.73. The summed E-state index contributed by atoms with van der Waals surface area (Å²) in [6.07, 6.45) is 4.36. The van der Waals surface area contributed by atoms with Gasteiger partial charge in [-0.05, 0) is 45.2 Å². The maximum Gasteiger partial charge on any atom is 0.235 e. The van der Waals surface area contributed by atoms with Crippen molar-refractivity contribution in [2.75, 3.05) is 0 Å². The largest absolute Gasteiger partial charge is 0.461 e. The number of furan rings is 2. The summed E-state index contributed by atoms with van der Waals surface area (Å²) < 4.78 is 11.7. The zero-order valence-electron chi connectivity index (χ0n) is 12.3. The van der Waals surface area contributed by atoms with E-state index in [1.165, 1.54) is 0 Å². The molecule has 1 aliphatic rings. The number of fused-ring (bicyclic) bond motifs is 2. The molecule has 0 spiro atoms. The van der Waals surface area contributed by atoms with Crippen LogP contribution in [0.2, 0.25) is 5.02 Å². The summed E-state index contributed by atoms with van der Waals surface area (Å²) in [5, 5.41) is 2.23. The second kappa shape index (κ2) is 4.48. The normalized spacial score (nSPS) is 16.7. The lowest BCUT2D eigenvalue weighted by Gasteiger charge is -2.37. The number of benzene rings is 1. The zero-order chi connectivity index (χ0) is 15.5. The number of isocyanates is 1. The summed E-state index contributed by atoms with van der Waals surface area (Å²) >= 11 is 6.50. The summed E-state index contributed by atoms with van der Waals surface area (Å²) in [6.45, 7) is 3.76. The Bertz CT molecular complexity index is 898. The van der Waals surface area contributed by atoms with Crippen LogP contribution in [0.25, 0.3) is 21.9 Å². The molecule has 1 aliphatic carbocycles. The molecule has 1 aromatic carbocycles. The second-order valence-corrected chi connectivity index (χ2v) is 6.35. The number of nitrogens with zero attached hydrogens (tertiary/aromatic N) is 1. The van der Waals surface area contributed by atoms with E-state index in [0.717, 1.165) is 47.1 Å². The molecule has 0 amide bonds. The fourth-order valence-electron chi connectivity index (χ4n) is 3.45. The highest BCUT2D eigenvalue weighted by molar-refractivity contribution is 6.40. The van der Waals surface area contributed by atoms with Gasteiger partial charge in [-0.25, -0.2) is 4.79 Å². The molecule has 0 atom stereocenters. The highest BCUT2D eigenvalue weighted by Crippen LogP contribution is 2.52. The highest BCUT2D eigenvalue weighted by atomic mass is 35.5. The first-order valence-corrected chi connectivity index (χ1v) is 7.65. The van der Waals surface area contributed by atoms with Crippen molar-refractivity contribution in [3.8, 4) is 0 Å². The molecule has 2 aromatic heterocycles. The molecular weight excluding hydrogens is 302 g/mol. The summed E-state index contributed by atoms with van der Waals surface area (Å²) in [4.78, 5) is 15.1. The number of rotatable bonds is 2. The minimum absolute atomic E-state index is 0.545. The highest BCUT2D eigenvalue weighted by Gasteiger charge is 2.43. The van der Waals surface area contributed by atoms with Crippen molar-refractivity contribution in [3.63, 3.8) is 0 Å². The van der Waals surface area contributed by atoms with Gasteiger partial charge in [-0.3, -0.25) is 0 Å². The van der Waals surface area contributed by atoms with Crippen molar-refractivity contribution < 1.29 is 13.6 Å². The van der Waals surface area contributed by atoms with Crippen molar-refractivity contribution in [1.82, 2.24) is 0 Å². The molecule has 4 nitrogen and oxygen atoms in total. The van der Waals surface area contributed by atoms with E-state index in [2.05, 4.69) is 4.99 Å². The zero-order valence-corrected chi connectivity index (χ0v) is 13.1. The number of carbonyl (C=O) groups excluding carboxylic acids is 1. The van der Waals surface area contributed by atoms with E-state index in [9.17, 15) is 4.79 Å². The van der Waals surface area contributed by atoms with Crippen LogP contribution in [0.4, 0.5) is 0 Å². The van der Waals surface area contributed by atoms with Crippen molar-refractivity contribution in [1.29, 1.82) is 0 Å². The molecule has 0 unspecified atom stereocenters. The predicted molar refractivity (Wildman–Crippen MR) is 84.1 cm³/mol. The standard InChI is InChI=1S/C17H14ClNO3/c1-9-6-11-13(17(19-8-20)4-3-5-17)15-12(7-10(2)21-15)14(18)16(11)22-9/h6-7H,3-5H2,1-2H3. The molecular formula is C17H14ClNO3. The first-order valence-electron chi connectivity index (χ1n) is 7.27. The van der Waals surface area contributed by atoms with E-state index in [1.807, 2.05) is 26.0 Å². The number of halogens is 1. The Morgan fingerprint density at radius 2 is 1.77 bits per heavy atom. The van der Waals surface area contributed by atoms with Crippen LogP contribution in [-0.2, 0) is 10.3 Å². The lowest BCUT2D eigenvalue weighted by molar-refractivity contribution is 0.258. The van der Waals surface area contributed by atoms with Gasteiger partial charge in [0.15, 0.2) is 5.58 Å². The number of aliphatic imine (C=N–C) groups is 1. The van der Waals surface area contributed by atoms with Crippen LogP contribution in [-0.4, -0.2) is 6.08 Å². The van der Waals surface area contributed by atoms with Gasteiger partial charge in [-0.2, -0.15) is 4.99 Å². The molecule has 0 radical (unpaired) electrons. The van der Waals surface area contributed by atoms with Crippen LogP contribution in [0.3, 0.4) is 0 Å². The van der Waals surface area contributed by atoms with Crippen LogP contribution in [0.1, 0.15) is 36.3 Å². The van der Waals surface area contributed by atoms with Crippen LogP contribution < -0.4 is 0 Å². The molecule has 0 N–H and O–H groups in total. The van der Waals surface area contributed by atoms with E-state index in [1.54, 1.807) is 6.08 Å². The Hall–Kier alpha value is -2.03. The molecule has 1 fully saturated rings. The number of hydrogen-bond donors (Lipinski definition) is 0. The Labute approximate surface area is 131 Å². The predicted octanol–water partition coefficient (Wildman–Crippen LogP) is 5.16. The third-order valence-electron chi connectivity index (χ3n) is 4.55. The van der Waals surface area contributed by atoms with Gasteiger partial charge in [0.1, 0.15) is 22.6 Å². The van der Waals surface area contributed by atoms with E-state index >= 15 is 0 Å². The summed E-state index contributed by atoms with van der Waals surface area (Å²) in [5.74, 6) is 1.54. The Morgan fingerprint density at radius 1 is 1.14 bits per heavy atom. The average molecular weight is 316 g/mol. The van der Waals surface area contributed by atoms with Crippen molar-refractivity contribution in [2.24, 2.45) is 4.99 Å². The van der Waals surface area contributed by atoms with E-state index in [4.69, 9.17) is 20.4 Å². The molecule has 112 valence electrons. The van der Waals surface area contributed by atoms with Crippen LogP contribution in [0, 0.1) is 13.8 Å². The monoisotopic (exact) mass is 315 g/mol. The van der Waals surface area contributed by atoms with Gasteiger partial charge in [-0.15, -0.1) is 0 Å². The molecule has 1 saturated carbocycles. The molecule has 0 bridgehead atoms. The molecule has 22 heavy (non-hydrogen) atoms. The first-order chi connectivity index (χ1) is 10.6. The maximum atomic E-state index is 11.0. The van der Waals surface area contributed by atoms with Crippen LogP contribution in [0.5, 0.6) is 0 Å². The van der Waals surface area contributed by atoms with E-state index in [0.29, 0.717) is 16.2 Å². The van der Waals surface area contributed by atoms with E-state index < -0.39 is 5.54 Å². The third kappa shape index (κ3) is 1.65. The molecule has 2 heterocycles. The van der Waals surface area contributed by atoms with Crippen LogP contribution >= 0.6 is 11.6 Å². The van der Waals surface area contributed by atoms with E-state index in [-0.39, 0.29) is 0 Å². The molecule has 4 rings (SSSR count). The van der Waals surface area contributed by atoms with Crippen molar-refractivity contribution in [3.05, 3.63) is 34.2 Å². The topological polar surface area (TPSA) is 55.7 Å². The minimum Gasteiger partial charge on any atom is -0.461 e. The van der Waals surface area contributed by atoms with Crippen molar-refractivity contribution in [2.45, 2.75) is 38.6 Å². The van der Waals surface area contributed by atoms with Gasteiger partial charge in [-0.1, -0.05) is 11.6 Å². The smallest absolute Gasteiger partial charge is 0.235 e. The summed E-state index contributed by atoms with van der Waals surface area (Å²) in [6, 6.07) is 3.84. The first kappa shape index (κ1) is 13.6. The summed E-state index contributed by atoms with van der Waals surface area (Å²) in [5.41, 5.74) is 1.68. The molecule has 0 saturated heterocycles. The second-order valence-electron chi connectivity index (χ2n) is 5.98. The Morgan fingerprint density at radius 3 is 2.36 bits per heavy atom. The third-order valence-corrected chi connectivity index (χ3v) is 4.92. The molecule has 0 aliphatic heterocycles. The minimum atomic E-state index is -0.566. The maximum absolute atomic E-state index is 11.0. The van der Waals surface area contributed by atoms with Gasteiger partial charge in [0.2, 0.25) is 6.08 Å².